The highest BCUT2D eigenvalue weighted by Gasteiger charge is 2.15. The number of ether oxygens (including phenoxy) is 1. The van der Waals surface area contributed by atoms with E-state index >= 15 is 0 Å². The molecule has 1 atom stereocenters. The van der Waals surface area contributed by atoms with E-state index in [-0.39, 0.29) is 12.1 Å². The molecule has 1 aliphatic rings. The van der Waals surface area contributed by atoms with Crippen molar-refractivity contribution in [3.8, 4) is 0 Å². The van der Waals surface area contributed by atoms with Crippen LogP contribution in [-0.4, -0.2) is 12.1 Å². The molecule has 0 fully saturated rings. The molecule has 0 aliphatic carbocycles. The fourth-order valence-electron chi connectivity index (χ4n) is 1.76. The van der Waals surface area contributed by atoms with Crippen LogP contribution in [0.4, 0.5) is 0 Å². The average Bonchev–Trinajstić information content (AvgIpc) is 2.75. The van der Waals surface area contributed by atoms with Crippen LogP contribution in [0.1, 0.15) is 41.8 Å². The summed E-state index contributed by atoms with van der Waals surface area (Å²) in [6.45, 7) is 5.66. The van der Waals surface area contributed by atoms with Crippen molar-refractivity contribution >= 4 is 5.97 Å². The van der Waals surface area contributed by atoms with Crippen molar-refractivity contribution in [2.45, 2.75) is 39.5 Å². The van der Waals surface area contributed by atoms with Crippen molar-refractivity contribution in [3.63, 3.8) is 0 Å². The Bertz CT molecular complexity index is 401. The van der Waals surface area contributed by atoms with Gasteiger partial charge in [-0.2, -0.15) is 0 Å². The number of carbonyl (C=O) groups excluding carboxylic acids is 1. The van der Waals surface area contributed by atoms with Gasteiger partial charge in [0.15, 0.2) is 0 Å². The molecule has 0 spiro atoms. The first-order chi connectivity index (χ1) is 7.70. The van der Waals surface area contributed by atoms with Crippen molar-refractivity contribution in [1.29, 1.82) is 0 Å². The number of esters is 1. The summed E-state index contributed by atoms with van der Waals surface area (Å²) in [6.07, 6.45) is 0.831. The van der Waals surface area contributed by atoms with Crippen molar-refractivity contribution < 1.29 is 9.53 Å². The lowest BCUT2D eigenvalue weighted by Crippen LogP contribution is -2.14. The number of benzene rings is 1. The minimum Gasteiger partial charge on any atom is -0.459 e. The Morgan fingerprint density at radius 1 is 1.44 bits per heavy atom. The van der Waals surface area contributed by atoms with E-state index in [2.05, 4.69) is 5.32 Å². The third kappa shape index (κ3) is 2.25. The van der Waals surface area contributed by atoms with E-state index in [1.165, 1.54) is 11.1 Å². The molecule has 1 unspecified atom stereocenters. The summed E-state index contributed by atoms with van der Waals surface area (Å²) >= 11 is 0. The van der Waals surface area contributed by atoms with E-state index in [0.29, 0.717) is 5.56 Å². The molecular formula is C13H17NO2. The standard InChI is InChI=1S/C13H17NO2/c1-3-9(2)16-13(15)10-4-5-11-7-14-8-12(11)6-10/h4-6,9,14H,3,7-8H2,1-2H3. The van der Waals surface area contributed by atoms with Gasteiger partial charge in [0.2, 0.25) is 0 Å². The molecule has 0 saturated heterocycles. The lowest BCUT2D eigenvalue weighted by molar-refractivity contribution is 0.0334. The van der Waals surface area contributed by atoms with Crippen LogP contribution < -0.4 is 5.32 Å². The summed E-state index contributed by atoms with van der Waals surface area (Å²) in [5, 5.41) is 3.25. The summed E-state index contributed by atoms with van der Waals surface area (Å²) in [5.41, 5.74) is 3.14. The van der Waals surface area contributed by atoms with E-state index in [1.54, 1.807) is 0 Å². The second-order valence-corrected chi connectivity index (χ2v) is 4.21. The highest BCUT2D eigenvalue weighted by molar-refractivity contribution is 5.89. The van der Waals surface area contributed by atoms with Crippen LogP contribution in [0.5, 0.6) is 0 Å². The lowest BCUT2D eigenvalue weighted by Gasteiger charge is -2.11. The molecule has 16 heavy (non-hydrogen) atoms. The molecule has 3 heteroatoms. The Morgan fingerprint density at radius 3 is 2.94 bits per heavy atom. The molecule has 86 valence electrons. The second kappa shape index (κ2) is 4.66. The fraction of sp³-hybridized carbons (Fsp3) is 0.462. The molecule has 2 rings (SSSR count). The molecular weight excluding hydrogens is 202 g/mol. The van der Waals surface area contributed by atoms with Crippen LogP contribution in [-0.2, 0) is 17.8 Å². The topological polar surface area (TPSA) is 38.3 Å². The molecule has 1 heterocycles. The first-order valence-corrected chi connectivity index (χ1v) is 5.74. The summed E-state index contributed by atoms with van der Waals surface area (Å²) in [5.74, 6) is -0.218. The SMILES string of the molecule is CCC(C)OC(=O)c1ccc2c(c1)CNC2. The van der Waals surface area contributed by atoms with E-state index in [0.717, 1.165) is 19.5 Å². The maximum absolute atomic E-state index is 11.8. The van der Waals surface area contributed by atoms with Gasteiger partial charge < -0.3 is 10.1 Å². The molecule has 1 N–H and O–H groups in total. The number of nitrogens with one attached hydrogen (secondary N) is 1. The van der Waals surface area contributed by atoms with Gasteiger partial charge in [-0.1, -0.05) is 13.0 Å². The normalized spacial score (nSPS) is 15.6. The van der Waals surface area contributed by atoms with Crippen molar-refractivity contribution in [2.24, 2.45) is 0 Å². The number of carbonyl (C=O) groups is 1. The van der Waals surface area contributed by atoms with E-state index in [9.17, 15) is 4.79 Å². The Hall–Kier alpha value is -1.35. The van der Waals surface area contributed by atoms with Crippen LogP contribution in [0.25, 0.3) is 0 Å². The van der Waals surface area contributed by atoms with Crippen LogP contribution in [0.3, 0.4) is 0 Å². The highest BCUT2D eigenvalue weighted by Crippen LogP contribution is 2.18. The van der Waals surface area contributed by atoms with Crippen LogP contribution in [0.2, 0.25) is 0 Å². The summed E-state index contributed by atoms with van der Waals surface area (Å²) in [7, 11) is 0. The number of rotatable bonds is 3. The highest BCUT2D eigenvalue weighted by atomic mass is 16.5. The summed E-state index contributed by atoms with van der Waals surface area (Å²) in [6, 6.07) is 5.78. The second-order valence-electron chi connectivity index (χ2n) is 4.21. The third-order valence-electron chi connectivity index (χ3n) is 2.96. The number of hydrogen-bond acceptors (Lipinski definition) is 3. The van der Waals surface area contributed by atoms with Crippen LogP contribution in [0.15, 0.2) is 18.2 Å². The minimum absolute atomic E-state index is 0.0149. The Kier molecular flexibility index (Phi) is 3.25. The summed E-state index contributed by atoms with van der Waals surface area (Å²) in [4.78, 5) is 11.8. The predicted molar refractivity (Wildman–Crippen MR) is 62.2 cm³/mol. The van der Waals surface area contributed by atoms with E-state index in [1.807, 2.05) is 32.0 Å². The largest absolute Gasteiger partial charge is 0.459 e. The van der Waals surface area contributed by atoms with Crippen LogP contribution in [0, 0.1) is 0 Å². The van der Waals surface area contributed by atoms with Gasteiger partial charge in [0, 0.05) is 13.1 Å². The fourth-order valence-corrected chi connectivity index (χ4v) is 1.76. The Balaban J connectivity index is 2.12. The van der Waals surface area contributed by atoms with Gasteiger partial charge in [-0.15, -0.1) is 0 Å². The Labute approximate surface area is 95.8 Å². The van der Waals surface area contributed by atoms with Gasteiger partial charge in [0.1, 0.15) is 0 Å². The van der Waals surface area contributed by atoms with Gasteiger partial charge in [-0.05, 0) is 36.6 Å². The quantitative estimate of drug-likeness (QED) is 0.792. The first kappa shape index (κ1) is 11.1. The monoisotopic (exact) mass is 219 g/mol. The predicted octanol–water partition coefficient (Wildman–Crippen LogP) is 2.25. The van der Waals surface area contributed by atoms with Gasteiger partial charge in [-0.3, -0.25) is 0 Å². The molecule has 3 nitrogen and oxygen atoms in total. The van der Waals surface area contributed by atoms with Gasteiger partial charge in [0.05, 0.1) is 11.7 Å². The van der Waals surface area contributed by atoms with Crippen molar-refractivity contribution in [1.82, 2.24) is 5.32 Å². The molecule has 0 saturated carbocycles. The van der Waals surface area contributed by atoms with Gasteiger partial charge >= 0.3 is 5.97 Å². The maximum Gasteiger partial charge on any atom is 0.338 e. The lowest BCUT2D eigenvalue weighted by atomic mass is 10.1. The minimum atomic E-state index is -0.218. The molecule has 0 radical (unpaired) electrons. The molecule has 1 aliphatic heterocycles. The number of hydrogen-bond donors (Lipinski definition) is 1. The zero-order chi connectivity index (χ0) is 11.5. The smallest absolute Gasteiger partial charge is 0.338 e. The maximum atomic E-state index is 11.8. The average molecular weight is 219 g/mol. The zero-order valence-electron chi connectivity index (χ0n) is 9.75. The molecule has 0 amide bonds. The Morgan fingerprint density at radius 2 is 2.19 bits per heavy atom. The third-order valence-corrected chi connectivity index (χ3v) is 2.96. The van der Waals surface area contributed by atoms with Gasteiger partial charge in [-0.25, -0.2) is 4.79 Å². The van der Waals surface area contributed by atoms with E-state index < -0.39 is 0 Å². The van der Waals surface area contributed by atoms with Crippen molar-refractivity contribution in [3.05, 3.63) is 34.9 Å². The van der Waals surface area contributed by atoms with Gasteiger partial charge in [0.25, 0.3) is 0 Å². The first-order valence-electron chi connectivity index (χ1n) is 5.74. The van der Waals surface area contributed by atoms with Crippen LogP contribution >= 0.6 is 0 Å². The van der Waals surface area contributed by atoms with Crippen molar-refractivity contribution in [2.75, 3.05) is 0 Å². The number of fused-ring (bicyclic) bond motifs is 1. The molecule has 1 aromatic carbocycles. The zero-order valence-corrected chi connectivity index (χ0v) is 9.75. The summed E-state index contributed by atoms with van der Waals surface area (Å²) < 4.78 is 5.29. The molecule has 1 aromatic rings. The molecule has 0 aromatic heterocycles. The van der Waals surface area contributed by atoms with E-state index in [4.69, 9.17) is 4.74 Å². The molecule has 0 bridgehead atoms.